The molecule has 19 heavy (non-hydrogen) atoms. The Labute approximate surface area is 121 Å². The molecule has 0 bridgehead atoms. The quantitative estimate of drug-likeness (QED) is 0.711. The minimum Gasteiger partial charge on any atom is -0.249 e. The number of benzene rings is 1. The van der Waals surface area contributed by atoms with E-state index in [1.165, 1.54) is 17.8 Å². The Hall–Kier alpha value is -1.01. The molecule has 1 nitrogen and oxygen atoms in total. The van der Waals surface area contributed by atoms with Gasteiger partial charge >= 0.3 is 6.18 Å². The molecular weight excluding hydrogens is 339 g/mol. The van der Waals surface area contributed by atoms with Crippen molar-refractivity contribution in [1.82, 2.24) is 4.98 Å². The van der Waals surface area contributed by atoms with Crippen LogP contribution in [0.25, 0.3) is 0 Å². The van der Waals surface area contributed by atoms with Crippen LogP contribution in [0, 0.1) is 0 Å². The molecule has 6 heteroatoms. The molecule has 0 fully saturated rings. The van der Waals surface area contributed by atoms with Crippen LogP contribution in [0.3, 0.4) is 0 Å². The SMILES string of the molecule is FC(F)(F)c1ccc(SCc2cccc(Br)c2)nc1. The summed E-state index contributed by atoms with van der Waals surface area (Å²) in [6.45, 7) is 0. The van der Waals surface area contributed by atoms with Crippen molar-refractivity contribution >= 4 is 27.7 Å². The predicted octanol–water partition coefficient (Wildman–Crippen LogP) is 5.16. The van der Waals surface area contributed by atoms with E-state index in [1.54, 1.807) is 0 Å². The van der Waals surface area contributed by atoms with E-state index in [2.05, 4.69) is 20.9 Å². The van der Waals surface area contributed by atoms with Crippen molar-refractivity contribution in [2.75, 3.05) is 0 Å². The van der Waals surface area contributed by atoms with Crippen LogP contribution in [0.4, 0.5) is 13.2 Å². The number of thioether (sulfide) groups is 1. The first-order valence-electron chi connectivity index (χ1n) is 5.35. The highest BCUT2D eigenvalue weighted by Gasteiger charge is 2.30. The van der Waals surface area contributed by atoms with Crippen LogP contribution in [-0.4, -0.2) is 4.98 Å². The Kier molecular flexibility index (Phi) is 4.52. The van der Waals surface area contributed by atoms with Crippen molar-refractivity contribution in [1.29, 1.82) is 0 Å². The van der Waals surface area contributed by atoms with E-state index in [0.29, 0.717) is 10.8 Å². The molecule has 1 aromatic carbocycles. The summed E-state index contributed by atoms with van der Waals surface area (Å²) in [5.41, 5.74) is 0.361. The number of rotatable bonds is 3. The number of nitrogens with zero attached hydrogens (tertiary/aromatic N) is 1. The van der Waals surface area contributed by atoms with Crippen LogP contribution >= 0.6 is 27.7 Å². The van der Waals surface area contributed by atoms with Crippen LogP contribution in [0.1, 0.15) is 11.1 Å². The summed E-state index contributed by atoms with van der Waals surface area (Å²) in [5.74, 6) is 0.664. The minimum absolute atomic E-state index is 0.577. The zero-order valence-electron chi connectivity index (χ0n) is 9.62. The summed E-state index contributed by atoms with van der Waals surface area (Å²) in [6, 6.07) is 10.2. The second-order valence-corrected chi connectivity index (χ2v) is 5.71. The highest BCUT2D eigenvalue weighted by molar-refractivity contribution is 9.10. The first-order valence-corrected chi connectivity index (χ1v) is 7.13. The summed E-state index contributed by atoms with van der Waals surface area (Å²) in [6.07, 6.45) is -3.47. The Bertz CT molecular complexity index is 555. The fraction of sp³-hybridized carbons (Fsp3) is 0.154. The number of halogens is 4. The van der Waals surface area contributed by atoms with Gasteiger partial charge in [0.25, 0.3) is 0 Å². The summed E-state index contributed by atoms with van der Waals surface area (Å²) < 4.78 is 38.1. The molecule has 2 aromatic rings. The fourth-order valence-corrected chi connectivity index (χ4v) is 2.65. The van der Waals surface area contributed by atoms with Gasteiger partial charge in [0, 0.05) is 16.4 Å². The molecular formula is C13H9BrF3NS. The maximum Gasteiger partial charge on any atom is 0.417 e. The molecule has 0 amide bonds. The third-order valence-electron chi connectivity index (χ3n) is 2.34. The molecule has 0 atom stereocenters. The molecule has 0 spiro atoms. The second kappa shape index (κ2) is 5.96. The number of hydrogen-bond donors (Lipinski definition) is 0. The van der Waals surface area contributed by atoms with Gasteiger partial charge < -0.3 is 0 Å². The van der Waals surface area contributed by atoms with E-state index in [-0.39, 0.29) is 0 Å². The van der Waals surface area contributed by atoms with Crippen molar-refractivity contribution in [2.45, 2.75) is 17.0 Å². The lowest BCUT2D eigenvalue weighted by Crippen LogP contribution is -2.05. The predicted molar refractivity (Wildman–Crippen MR) is 72.9 cm³/mol. The van der Waals surface area contributed by atoms with Crippen LogP contribution < -0.4 is 0 Å². The van der Waals surface area contributed by atoms with Crippen LogP contribution in [0.2, 0.25) is 0 Å². The molecule has 2 rings (SSSR count). The van der Waals surface area contributed by atoms with Gasteiger partial charge in [-0.15, -0.1) is 11.8 Å². The van der Waals surface area contributed by atoms with Gasteiger partial charge in [0.15, 0.2) is 0 Å². The van der Waals surface area contributed by atoms with Crippen LogP contribution in [0.15, 0.2) is 52.1 Å². The molecule has 0 aliphatic rings. The molecule has 0 saturated carbocycles. The zero-order chi connectivity index (χ0) is 13.9. The Balaban J connectivity index is 2.01. The number of pyridine rings is 1. The summed E-state index contributed by atoms with van der Waals surface area (Å²) in [5, 5.41) is 0.577. The molecule has 1 heterocycles. The topological polar surface area (TPSA) is 12.9 Å². The van der Waals surface area contributed by atoms with Gasteiger partial charge in [-0.05, 0) is 29.8 Å². The normalized spacial score (nSPS) is 11.6. The van der Waals surface area contributed by atoms with E-state index in [9.17, 15) is 13.2 Å². The average Bonchev–Trinajstić information content (AvgIpc) is 2.36. The van der Waals surface area contributed by atoms with Gasteiger partial charge in [0.05, 0.1) is 10.6 Å². The lowest BCUT2D eigenvalue weighted by molar-refractivity contribution is -0.137. The largest absolute Gasteiger partial charge is 0.417 e. The lowest BCUT2D eigenvalue weighted by atomic mass is 10.2. The van der Waals surface area contributed by atoms with Crippen molar-refractivity contribution in [3.05, 3.63) is 58.2 Å². The van der Waals surface area contributed by atoms with Crippen molar-refractivity contribution in [2.24, 2.45) is 0 Å². The second-order valence-electron chi connectivity index (χ2n) is 3.80. The van der Waals surface area contributed by atoms with E-state index in [1.807, 2.05) is 24.3 Å². The van der Waals surface area contributed by atoms with Crippen molar-refractivity contribution < 1.29 is 13.2 Å². The Morgan fingerprint density at radius 3 is 2.53 bits per heavy atom. The van der Waals surface area contributed by atoms with Crippen molar-refractivity contribution in [3.63, 3.8) is 0 Å². The third kappa shape index (κ3) is 4.24. The van der Waals surface area contributed by atoms with Gasteiger partial charge in [0.2, 0.25) is 0 Å². The van der Waals surface area contributed by atoms with Crippen LogP contribution in [0.5, 0.6) is 0 Å². The molecule has 100 valence electrons. The van der Waals surface area contributed by atoms with Gasteiger partial charge in [0.1, 0.15) is 0 Å². The first-order chi connectivity index (χ1) is 8.95. The van der Waals surface area contributed by atoms with Gasteiger partial charge in [-0.1, -0.05) is 28.1 Å². The van der Waals surface area contributed by atoms with E-state index in [0.717, 1.165) is 22.3 Å². The molecule has 0 radical (unpaired) electrons. The summed E-state index contributed by atoms with van der Waals surface area (Å²) in [7, 11) is 0. The fourth-order valence-electron chi connectivity index (χ4n) is 1.42. The standard InChI is InChI=1S/C13H9BrF3NS/c14-11-3-1-2-9(6-11)8-19-12-5-4-10(7-18-12)13(15,16)17/h1-7H,8H2. The molecule has 0 aliphatic heterocycles. The van der Waals surface area contributed by atoms with Gasteiger partial charge in [-0.3, -0.25) is 0 Å². The maximum absolute atomic E-state index is 12.4. The molecule has 0 N–H and O–H groups in total. The Morgan fingerprint density at radius 1 is 1.16 bits per heavy atom. The van der Waals surface area contributed by atoms with Gasteiger partial charge in [-0.25, -0.2) is 4.98 Å². The third-order valence-corrected chi connectivity index (χ3v) is 3.85. The maximum atomic E-state index is 12.4. The van der Waals surface area contributed by atoms with E-state index < -0.39 is 11.7 Å². The van der Waals surface area contributed by atoms with E-state index >= 15 is 0 Å². The molecule has 0 unspecified atom stereocenters. The first kappa shape index (κ1) is 14.4. The smallest absolute Gasteiger partial charge is 0.249 e. The summed E-state index contributed by atoms with van der Waals surface area (Å²) >= 11 is 4.77. The average molecular weight is 348 g/mol. The summed E-state index contributed by atoms with van der Waals surface area (Å²) in [4.78, 5) is 3.81. The minimum atomic E-state index is -4.33. The number of alkyl halides is 3. The van der Waals surface area contributed by atoms with Crippen LogP contribution in [-0.2, 0) is 11.9 Å². The molecule has 0 aliphatic carbocycles. The lowest BCUT2D eigenvalue weighted by Gasteiger charge is -2.06. The zero-order valence-corrected chi connectivity index (χ0v) is 12.0. The Morgan fingerprint density at radius 2 is 1.95 bits per heavy atom. The van der Waals surface area contributed by atoms with Crippen molar-refractivity contribution in [3.8, 4) is 0 Å². The van der Waals surface area contributed by atoms with E-state index in [4.69, 9.17) is 0 Å². The monoisotopic (exact) mass is 347 g/mol. The highest BCUT2D eigenvalue weighted by atomic mass is 79.9. The number of hydrogen-bond acceptors (Lipinski definition) is 2. The molecule has 0 saturated heterocycles. The van der Waals surface area contributed by atoms with Gasteiger partial charge in [-0.2, -0.15) is 13.2 Å². The number of aromatic nitrogens is 1. The molecule has 1 aromatic heterocycles. The highest BCUT2D eigenvalue weighted by Crippen LogP contribution is 2.30.